The van der Waals surface area contributed by atoms with Crippen LogP contribution in [0.2, 0.25) is 0 Å². The molecule has 0 aliphatic carbocycles. The van der Waals surface area contributed by atoms with Gasteiger partial charge in [0.25, 0.3) is 5.91 Å². The van der Waals surface area contributed by atoms with Crippen molar-refractivity contribution in [2.24, 2.45) is 0 Å². The molecule has 3 aromatic rings. The number of thioether (sulfide) groups is 1. The third-order valence-electron chi connectivity index (χ3n) is 4.58. The maximum absolute atomic E-state index is 13.0. The lowest BCUT2D eigenvalue weighted by molar-refractivity contribution is -0.139. The smallest absolute Gasteiger partial charge is 0.326 e. The first-order chi connectivity index (χ1) is 15.1. The molecule has 0 bridgehead atoms. The van der Waals surface area contributed by atoms with E-state index in [4.69, 9.17) is 0 Å². The second-order valence-corrected chi connectivity index (χ2v) is 7.75. The van der Waals surface area contributed by atoms with E-state index in [9.17, 15) is 14.7 Å². The van der Waals surface area contributed by atoms with Crippen LogP contribution in [-0.2, 0) is 4.79 Å². The predicted octanol–water partition coefficient (Wildman–Crippen LogP) is 4.51. The molecule has 2 N–H and O–H groups in total. The fraction of sp³-hybridized carbons (Fsp3) is 0.160. The highest BCUT2D eigenvalue weighted by atomic mass is 35.5. The van der Waals surface area contributed by atoms with Crippen LogP contribution in [0.15, 0.2) is 73.1 Å². The quantitative estimate of drug-likeness (QED) is 0.501. The van der Waals surface area contributed by atoms with Crippen LogP contribution < -0.4 is 5.32 Å². The van der Waals surface area contributed by atoms with Gasteiger partial charge < -0.3 is 10.4 Å². The molecule has 0 radical (unpaired) electrons. The summed E-state index contributed by atoms with van der Waals surface area (Å²) < 4.78 is 0. The highest BCUT2D eigenvalue weighted by Gasteiger charge is 2.22. The number of carbonyl (C=O) groups excluding carboxylic acids is 1. The molecule has 2 aromatic carbocycles. The van der Waals surface area contributed by atoms with Crippen molar-refractivity contribution in [3.63, 3.8) is 0 Å². The first kappa shape index (κ1) is 25.0. The molecule has 0 saturated heterocycles. The van der Waals surface area contributed by atoms with Crippen LogP contribution in [0.4, 0.5) is 0 Å². The maximum atomic E-state index is 13.0. The number of hydrogen-bond acceptors (Lipinski definition) is 4. The molecular formula is C25H23ClN2O3S. The van der Waals surface area contributed by atoms with Crippen molar-refractivity contribution in [1.29, 1.82) is 0 Å². The summed E-state index contributed by atoms with van der Waals surface area (Å²) in [5, 5.41) is 12.1. The third-order valence-corrected chi connectivity index (χ3v) is 5.22. The van der Waals surface area contributed by atoms with Gasteiger partial charge in [-0.25, -0.2) is 4.79 Å². The van der Waals surface area contributed by atoms with Gasteiger partial charge in [0.05, 0.1) is 0 Å². The summed E-state index contributed by atoms with van der Waals surface area (Å²) in [6.45, 7) is 0. The normalized spacial score (nSPS) is 10.8. The SMILES string of the molecule is CSCC[C@H](NC(=O)c1ccc(C#Cc2cccnc2)cc1-c1ccccc1)C(=O)O.Cl. The van der Waals surface area contributed by atoms with E-state index in [1.54, 1.807) is 36.3 Å². The van der Waals surface area contributed by atoms with Crippen molar-refractivity contribution < 1.29 is 14.7 Å². The summed E-state index contributed by atoms with van der Waals surface area (Å²) in [6.07, 6.45) is 5.64. The first-order valence-electron chi connectivity index (χ1n) is 9.72. The number of benzene rings is 2. The molecule has 0 aliphatic rings. The van der Waals surface area contributed by atoms with E-state index < -0.39 is 17.9 Å². The second-order valence-electron chi connectivity index (χ2n) is 6.76. The van der Waals surface area contributed by atoms with Gasteiger partial charge in [0.15, 0.2) is 0 Å². The average Bonchev–Trinajstić information content (AvgIpc) is 2.81. The molecule has 1 atom stereocenters. The standard InChI is InChI=1S/C25H22N2O3S.ClH/c1-31-15-13-23(25(29)30)27-24(28)21-12-11-18(9-10-19-6-5-14-26-17-19)16-22(21)20-7-3-2-4-8-20;/h2-8,11-12,14,16-17,23H,13,15H2,1H3,(H,27,28)(H,29,30);1H/t23-;/m0./s1. The Kier molecular flexibility index (Phi) is 9.80. The number of nitrogens with one attached hydrogen (secondary N) is 1. The Morgan fingerprint density at radius 3 is 2.47 bits per heavy atom. The Labute approximate surface area is 198 Å². The topological polar surface area (TPSA) is 79.3 Å². The van der Waals surface area contributed by atoms with Gasteiger partial charge in [0.1, 0.15) is 6.04 Å². The van der Waals surface area contributed by atoms with Crippen molar-refractivity contribution >= 4 is 36.0 Å². The van der Waals surface area contributed by atoms with E-state index in [1.807, 2.05) is 54.8 Å². The number of aliphatic carboxylic acids is 1. The third kappa shape index (κ3) is 6.88. The van der Waals surface area contributed by atoms with Gasteiger partial charge in [-0.1, -0.05) is 42.2 Å². The predicted molar refractivity (Wildman–Crippen MR) is 131 cm³/mol. The van der Waals surface area contributed by atoms with Gasteiger partial charge in [0, 0.05) is 29.1 Å². The van der Waals surface area contributed by atoms with Crippen LogP contribution in [0.25, 0.3) is 11.1 Å². The summed E-state index contributed by atoms with van der Waals surface area (Å²) >= 11 is 1.54. The molecule has 0 saturated carbocycles. The van der Waals surface area contributed by atoms with Crippen molar-refractivity contribution in [3.05, 3.63) is 89.7 Å². The van der Waals surface area contributed by atoms with Crippen LogP contribution in [-0.4, -0.2) is 40.0 Å². The summed E-state index contributed by atoms with van der Waals surface area (Å²) in [6, 6.07) is 17.6. The van der Waals surface area contributed by atoms with Crippen molar-refractivity contribution in [1.82, 2.24) is 10.3 Å². The highest BCUT2D eigenvalue weighted by molar-refractivity contribution is 7.98. The number of pyridine rings is 1. The summed E-state index contributed by atoms with van der Waals surface area (Å²) in [5.74, 6) is 5.36. The minimum absolute atomic E-state index is 0. The zero-order valence-corrected chi connectivity index (χ0v) is 19.1. The van der Waals surface area contributed by atoms with Gasteiger partial charge in [-0.2, -0.15) is 11.8 Å². The van der Waals surface area contributed by atoms with E-state index in [0.717, 1.165) is 16.7 Å². The van der Waals surface area contributed by atoms with E-state index >= 15 is 0 Å². The molecule has 0 unspecified atom stereocenters. The van der Waals surface area contributed by atoms with Crippen LogP contribution in [0.5, 0.6) is 0 Å². The number of carbonyl (C=O) groups is 2. The Balaban J connectivity index is 0.00000363. The van der Waals surface area contributed by atoms with Crippen LogP contribution in [0.1, 0.15) is 27.9 Å². The van der Waals surface area contributed by atoms with Crippen LogP contribution >= 0.6 is 24.2 Å². The fourth-order valence-corrected chi connectivity index (χ4v) is 3.46. The average molecular weight is 467 g/mol. The number of nitrogens with zero attached hydrogens (tertiary/aromatic N) is 1. The lowest BCUT2D eigenvalue weighted by Gasteiger charge is -2.16. The van der Waals surface area contributed by atoms with Crippen molar-refractivity contribution in [2.45, 2.75) is 12.5 Å². The minimum Gasteiger partial charge on any atom is -0.480 e. The minimum atomic E-state index is -1.04. The number of hydrogen-bond donors (Lipinski definition) is 2. The largest absolute Gasteiger partial charge is 0.480 e. The highest BCUT2D eigenvalue weighted by Crippen LogP contribution is 2.25. The van der Waals surface area contributed by atoms with Crippen molar-refractivity contribution in [2.75, 3.05) is 12.0 Å². The molecule has 0 aliphatic heterocycles. The Morgan fingerprint density at radius 2 is 1.81 bits per heavy atom. The fourth-order valence-electron chi connectivity index (χ4n) is 2.99. The molecule has 5 nitrogen and oxygen atoms in total. The monoisotopic (exact) mass is 466 g/mol. The maximum Gasteiger partial charge on any atom is 0.326 e. The van der Waals surface area contributed by atoms with Gasteiger partial charge >= 0.3 is 5.97 Å². The van der Waals surface area contributed by atoms with E-state index in [1.165, 1.54) is 0 Å². The molecular weight excluding hydrogens is 444 g/mol. The Hall–Kier alpha value is -3.27. The van der Waals surface area contributed by atoms with Gasteiger partial charge in [-0.3, -0.25) is 9.78 Å². The van der Waals surface area contributed by atoms with Crippen molar-refractivity contribution in [3.8, 4) is 23.0 Å². The van der Waals surface area contributed by atoms with Crippen LogP contribution in [0.3, 0.4) is 0 Å². The molecule has 1 aromatic heterocycles. The zero-order valence-electron chi connectivity index (χ0n) is 17.4. The number of amides is 1. The molecule has 7 heteroatoms. The van der Waals surface area contributed by atoms with E-state index in [0.29, 0.717) is 23.3 Å². The van der Waals surface area contributed by atoms with Gasteiger partial charge in [-0.05, 0) is 59.9 Å². The number of halogens is 1. The summed E-state index contributed by atoms with van der Waals surface area (Å²) in [7, 11) is 0. The molecule has 1 heterocycles. The van der Waals surface area contributed by atoms with E-state index in [-0.39, 0.29) is 12.4 Å². The zero-order chi connectivity index (χ0) is 22.1. The Morgan fingerprint density at radius 1 is 1.06 bits per heavy atom. The summed E-state index contributed by atoms with van der Waals surface area (Å²) in [4.78, 5) is 28.6. The number of rotatable bonds is 7. The number of carboxylic acids is 1. The molecule has 164 valence electrons. The molecule has 0 fully saturated rings. The van der Waals surface area contributed by atoms with Gasteiger partial charge in [-0.15, -0.1) is 12.4 Å². The number of aromatic nitrogens is 1. The Bertz CT molecular complexity index is 1110. The molecule has 1 amide bonds. The molecule has 32 heavy (non-hydrogen) atoms. The van der Waals surface area contributed by atoms with E-state index in [2.05, 4.69) is 22.1 Å². The lowest BCUT2D eigenvalue weighted by Crippen LogP contribution is -2.41. The number of carboxylic acid groups (broad SMARTS) is 1. The molecule has 0 spiro atoms. The first-order valence-corrected chi connectivity index (χ1v) is 11.1. The summed E-state index contributed by atoms with van der Waals surface area (Å²) in [5.41, 5.74) is 3.51. The second kappa shape index (κ2) is 12.6. The molecule has 3 rings (SSSR count). The van der Waals surface area contributed by atoms with Gasteiger partial charge in [0.2, 0.25) is 0 Å². The van der Waals surface area contributed by atoms with Crippen LogP contribution in [0, 0.1) is 11.8 Å². The lowest BCUT2D eigenvalue weighted by atomic mass is 9.96.